The Hall–Kier alpha value is -1.81. The largest absolute Gasteiger partial charge is 0.496 e. The highest BCUT2D eigenvalue weighted by molar-refractivity contribution is 5.37. The number of hydrogen-bond donors (Lipinski definition) is 1. The van der Waals surface area contributed by atoms with Gasteiger partial charge >= 0.3 is 0 Å². The highest BCUT2D eigenvalue weighted by atomic mass is 16.5. The van der Waals surface area contributed by atoms with Crippen molar-refractivity contribution in [2.24, 2.45) is 0 Å². The number of aryl methyl sites for hydroxylation is 1. The van der Waals surface area contributed by atoms with Crippen molar-refractivity contribution >= 4 is 0 Å². The average Bonchev–Trinajstić information content (AvgIpc) is 2.74. The Bertz CT molecular complexity index is 506. The summed E-state index contributed by atoms with van der Waals surface area (Å²) in [6.07, 6.45) is 3.80. The Morgan fingerprint density at radius 2 is 2.24 bits per heavy atom. The van der Waals surface area contributed by atoms with Gasteiger partial charge in [-0.25, -0.2) is 0 Å². The number of nitrogens with zero attached hydrogens (tertiary/aromatic N) is 2. The number of aliphatic hydroxyl groups is 1. The molecule has 17 heavy (non-hydrogen) atoms. The van der Waals surface area contributed by atoms with Crippen molar-refractivity contribution in [2.45, 2.75) is 20.1 Å². The zero-order chi connectivity index (χ0) is 12.3. The second kappa shape index (κ2) is 5.01. The van der Waals surface area contributed by atoms with Crippen LogP contribution in [0, 0.1) is 6.92 Å². The normalized spacial score (nSPS) is 10.5. The first kappa shape index (κ1) is 11.7. The van der Waals surface area contributed by atoms with Gasteiger partial charge in [-0.15, -0.1) is 0 Å². The number of rotatable bonds is 4. The maximum atomic E-state index is 9.13. The van der Waals surface area contributed by atoms with Crippen LogP contribution in [0.5, 0.6) is 5.75 Å². The van der Waals surface area contributed by atoms with Crippen LogP contribution in [0.15, 0.2) is 30.6 Å². The molecule has 0 spiro atoms. The topological polar surface area (TPSA) is 47.3 Å². The predicted molar refractivity (Wildman–Crippen MR) is 65.0 cm³/mol. The average molecular weight is 232 g/mol. The summed E-state index contributed by atoms with van der Waals surface area (Å²) in [5.41, 5.74) is 3.02. The fourth-order valence-corrected chi connectivity index (χ4v) is 1.78. The summed E-state index contributed by atoms with van der Waals surface area (Å²) in [5, 5.41) is 13.4. The number of aliphatic hydroxyl groups excluding tert-OH is 1. The first-order valence-electron chi connectivity index (χ1n) is 5.48. The van der Waals surface area contributed by atoms with E-state index in [0.717, 1.165) is 22.4 Å². The molecule has 1 aromatic carbocycles. The van der Waals surface area contributed by atoms with E-state index in [9.17, 15) is 0 Å². The monoisotopic (exact) mass is 232 g/mol. The van der Waals surface area contributed by atoms with Gasteiger partial charge in [0.1, 0.15) is 5.75 Å². The lowest BCUT2D eigenvalue weighted by atomic mass is 10.1. The van der Waals surface area contributed by atoms with Crippen LogP contribution in [0.3, 0.4) is 0 Å². The van der Waals surface area contributed by atoms with E-state index in [1.807, 2.05) is 42.2 Å². The first-order chi connectivity index (χ1) is 8.22. The summed E-state index contributed by atoms with van der Waals surface area (Å²) in [6.45, 7) is 2.69. The lowest BCUT2D eigenvalue weighted by molar-refractivity contribution is 0.281. The lowest BCUT2D eigenvalue weighted by Crippen LogP contribution is -2.03. The molecule has 1 aromatic heterocycles. The second-order valence-electron chi connectivity index (χ2n) is 4.02. The Labute approximate surface area is 100 Å². The molecule has 0 amide bonds. The molecule has 90 valence electrons. The van der Waals surface area contributed by atoms with Gasteiger partial charge < -0.3 is 9.84 Å². The van der Waals surface area contributed by atoms with E-state index in [0.29, 0.717) is 6.54 Å². The Morgan fingerprint density at radius 3 is 2.82 bits per heavy atom. The van der Waals surface area contributed by atoms with Gasteiger partial charge in [0.15, 0.2) is 0 Å². The molecule has 4 heteroatoms. The molecule has 1 N–H and O–H groups in total. The van der Waals surface area contributed by atoms with Crippen molar-refractivity contribution < 1.29 is 9.84 Å². The third-order valence-corrected chi connectivity index (χ3v) is 2.62. The van der Waals surface area contributed by atoms with Gasteiger partial charge in [0, 0.05) is 11.8 Å². The third-order valence-electron chi connectivity index (χ3n) is 2.62. The van der Waals surface area contributed by atoms with Crippen LogP contribution in [-0.2, 0) is 13.2 Å². The standard InChI is InChI=1S/C13H16N2O2/c1-10-6-14-15(7-10)8-12-5-11(9-16)3-4-13(12)17-2/h3-7,16H,8-9H2,1-2H3. The summed E-state index contributed by atoms with van der Waals surface area (Å²) in [4.78, 5) is 0. The van der Waals surface area contributed by atoms with Crippen molar-refractivity contribution in [2.75, 3.05) is 7.11 Å². The van der Waals surface area contributed by atoms with Gasteiger partial charge in [-0.1, -0.05) is 6.07 Å². The molecular formula is C13H16N2O2. The Kier molecular flexibility index (Phi) is 3.44. The molecule has 2 aromatic rings. The first-order valence-corrected chi connectivity index (χ1v) is 5.48. The molecule has 0 aliphatic rings. The molecule has 0 bridgehead atoms. The molecule has 0 saturated heterocycles. The smallest absolute Gasteiger partial charge is 0.123 e. The van der Waals surface area contributed by atoms with E-state index in [2.05, 4.69) is 5.10 Å². The van der Waals surface area contributed by atoms with Crippen molar-refractivity contribution in [3.05, 3.63) is 47.3 Å². The highest BCUT2D eigenvalue weighted by Gasteiger charge is 2.05. The molecule has 0 unspecified atom stereocenters. The number of benzene rings is 1. The minimum Gasteiger partial charge on any atom is -0.496 e. The van der Waals surface area contributed by atoms with Crippen LogP contribution in [0.2, 0.25) is 0 Å². The van der Waals surface area contributed by atoms with Crippen molar-refractivity contribution in [1.82, 2.24) is 9.78 Å². The zero-order valence-corrected chi connectivity index (χ0v) is 10.1. The van der Waals surface area contributed by atoms with Crippen molar-refractivity contribution in [3.8, 4) is 5.75 Å². The van der Waals surface area contributed by atoms with Crippen LogP contribution < -0.4 is 4.74 Å². The zero-order valence-electron chi connectivity index (χ0n) is 10.1. The highest BCUT2D eigenvalue weighted by Crippen LogP contribution is 2.21. The number of methoxy groups -OCH3 is 1. The molecular weight excluding hydrogens is 216 g/mol. The molecule has 0 aliphatic heterocycles. The number of ether oxygens (including phenoxy) is 1. The summed E-state index contributed by atoms with van der Waals surface area (Å²) >= 11 is 0. The predicted octanol–water partition coefficient (Wildman–Crippen LogP) is 1.74. The van der Waals surface area contributed by atoms with Crippen LogP contribution in [0.4, 0.5) is 0 Å². The van der Waals surface area contributed by atoms with E-state index in [1.165, 1.54) is 0 Å². The quantitative estimate of drug-likeness (QED) is 0.873. The van der Waals surface area contributed by atoms with Crippen LogP contribution >= 0.6 is 0 Å². The van der Waals surface area contributed by atoms with Gasteiger partial charge in [-0.3, -0.25) is 4.68 Å². The SMILES string of the molecule is COc1ccc(CO)cc1Cn1cc(C)cn1. The molecule has 0 saturated carbocycles. The van der Waals surface area contributed by atoms with E-state index in [1.54, 1.807) is 7.11 Å². The molecule has 0 fully saturated rings. The van der Waals surface area contributed by atoms with Crippen LogP contribution in [0.25, 0.3) is 0 Å². The summed E-state index contributed by atoms with van der Waals surface area (Å²) in [5.74, 6) is 0.815. The fourth-order valence-electron chi connectivity index (χ4n) is 1.78. The van der Waals surface area contributed by atoms with Gasteiger partial charge in [0.05, 0.1) is 26.5 Å². The maximum Gasteiger partial charge on any atom is 0.123 e. The summed E-state index contributed by atoms with van der Waals surface area (Å²) in [7, 11) is 1.64. The van der Waals surface area contributed by atoms with E-state index in [-0.39, 0.29) is 6.61 Å². The molecule has 4 nitrogen and oxygen atoms in total. The van der Waals surface area contributed by atoms with Gasteiger partial charge in [-0.05, 0) is 30.2 Å². The Balaban J connectivity index is 2.29. The van der Waals surface area contributed by atoms with Gasteiger partial charge in [0.25, 0.3) is 0 Å². The lowest BCUT2D eigenvalue weighted by Gasteiger charge is -2.10. The van der Waals surface area contributed by atoms with E-state index in [4.69, 9.17) is 9.84 Å². The van der Waals surface area contributed by atoms with Crippen LogP contribution in [-0.4, -0.2) is 22.0 Å². The molecule has 0 radical (unpaired) electrons. The summed E-state index contributed by atoms with van der Waals surface area (Å²) in [6, 6.07) is 5.67. The van der Waals surface area contributed by atoms with Crippen molar-refractivity contribution in [3.63, 3.8) is 0 Å². The van der Waals surface area contributed by atoms with Gasteiger partial charge in [-0.2, -0.15) is 5.10 Å². The number of hydrogen-bond acceptors (Lipinski definition) is 3. The molecule has 2 rings (SSSR count). The van der Waals surface area contributed by atoms with Crippen molar-refractivity contribution in [1.29, 1.82) is 0 Å². The van der Waals surface area contributed by atoms with Crippen LogP contribution in [0.1, 0.15) is 16.7 Å². The molecule has 0 atom stereocenters. The maximum absolute atomic E-state index is 9.13. The minimum atomic E-state index is 0.0368. The molecule has 0 aliphatic carbocycles. The second-order valence-corrected chi connectivity index (χ2v) is 4.02. The van der Waals surface area contributed by atoms with Gasteiger partial charge in [0.2, 0.25) is 0 Å². The minimum absolute atomic E-state index is 0.0368. The number of aromatic nitrogens is 2. The molecule has 1 heterocycles. The van der Waals surface area contributed by atoms with E-state index >= 15 is 0 Å². The third kappa shape index (κ3) is 2.65. The Morgan fingerprint density at radius 1 is 1.41 bits per heavy atom. The fraction of sp³-hybridized carbons (Fsp3) is 0.308. The van der Waals surface area contributed by atoms with E-state index < -0.39 is 0 Å². The summed E-state index contributed by atoms with van der Waals surface area (Å²) < 4.78 is 7.16.